The minimum absolute atomic E-state index is 0.199. The van der Waals surface area contributed by atoms with Crippen LogP contribution in [0.2, 0.25) is 0 Å². The van der Waals surface area contributed by atoms with Crippen LogP contribution in [0.25, 0.3) is 0 Å². The summed E-state index contributed by atoms with van der Waals surface area (Å²) in [6.07, 6.45) is 0.917. The quantitative estimate of drug-likeness (QED) is 0.828. The van der Waals surface area contributed by atoms with E-state index in [-0.39, 0.29) is 5.56 Å². The number of methoxy groups -OCH3 is 1. The topological polar surface area (TPSA) is 55.8 Å². The zero-order valence-corrected chi connectivity index (χ0v) is 10.4. The largest absolute Gasteiger partial charge is 0.493 e. The summed E-state index contributed by atoms with van der Waals surface area (Å²) in [7, 11) is 1.53. The summed E-state index contributed by atoms with van der Waals surface area (Å²) in [4.78, 5) is 10.8. The van der Waals surface area contributed by atoms with Crippen molar-refractivity contribution >= 4 is 5.97 Å². The van der Waals surface area contributed by atoms with Crippen LogP contribution in [0.3, 0.4) is 0 Å². The summed E-state index contributed by atoms with van der Waals surface area (Å²) < 4.78 is 10.7. The fourth-order valence-electron chi connectivity index (χ4n) is 1.33. The first-order valence-electron chi connectivity index (χ1n) is 5.58. The van der Waals surface area contributed by atoms with Gasteiger partial charge in [-0.3, -0.25) is 0 Å². The molecule has 0 saturated carbocycles. The lowest BCUT2D eigenvalue weighted by atomic mass is 10.1. The molecular formula is C13H18O4. The summed E-state index contributed by atoms with van der Waals surface area (Å²) >= 11 is 0. The molecule has 0 heterocycles. The van der Waals surface area contributed by atoms with Gasteiger partial charge in [-0.05, 0) is 30.5 Å². The summed E-state index contributed by atoms with van der Waals surface area (Å²) in [5.74, 6) is 0.608. The number of hydrogen-bond donors (Lipinski definition) is 1. The van der Waals surface area contributed by atoms with E-state index < -0.39 is 5.97 Å². The van der Waals surface area contributed by atoms with Crippen LogP contribution in [0, 0.1) is 5.92 Å². The molecule has 0 amide bonds. The molecule has 94 valence electrons. The summed E-state index contributed by atoms with van der Waals surface area (Å²) in [6, 6.07) is 4.59. The van der Waals surface area contributed by atoms with Crippen LogP contribution < -0.4 is 9.47 Å². The SMILES string of the molecule is COc1ccc(C(=O)O)cc1OCCC(C)C. The summed E-state index contributed by atoms with van der Waals surface area (Å²) in [5, 5.41) is 8.89. The number of rotatable bonds is 6. The third-order valence-corrected chi connectivity index (χ3v) is 2.36. The van der Waals surface area contributed by atoms with Gasteiger partial charge in [-0.2, -0.15) is 0 Å². The minimum atomic E-state index is -0.971. The summed E-state index contributed by atoms with van der Waals surface area (Å²) in [6.45, 7) is 4.76. The maximum Gasteiger partial charge on any atom is 0.335 e. The van der Waals surface area contributed by atoms with Crippen molar-refractivity contribution in [3.63, 3.8) is 0 Å². The fourth-order valence-corrected chi connectivity index (χ4v) is 1.33. The van der Waals surface area contributed by atoms with Crippen LogP contribution in [0.5, 0.6) is 11.5 Å². The van der Waals surface area contributed by atoms with Crippen molar-refractivity contribution in [2.75, 3.05) is 13.7 Å². The third kappa shape index (κ3) is 3.98. The molecule has 0 fully saturated rings. The van der Waals surface area contributed by atoms with E-state index in [2.05, 4.69) is 13.8 Å². The molecule has 0 aromatic heterocycles. The molecule has 1 aromatic carbocycles. The van der Waals surface area contributed by atoms with Crippen molar-refractivity contribution < 1.29 is 19.4 Å². The highest BCUT2D eigenvalue weighted by Crippen LogP contribution is 2.28. The van der Waals surface area contributed by atoms with Gasteiger partial charge in [-0.25, -0.2) is 4.79 Å². The first-order chi connectivity index (χ1) is 8.04. The zero-order valence-electron chi connectivity index (χ0n) is 10.4. The third-order valence-electron chi connectivity index (χ3n) is 2.36. The normalized spacial score (nSPS) is 10.4. The molecule has 0 saturated heterocycles. The molecule has 0 bridgehead atoms. The number of carbonyl (C=O) groups is 1. The maximum absolute atomic E-state index is 10.8. The number of carboxylic acids is 1. The van der Waals surface area contributed by atoms with E-state index >= 15 is 0 Å². The molecule has 17 heavy (non-hydrogen) atoms. The first-order valence-corrected chi connectivity index (χ1v) is 5.58. The maximum atomic E-state index is 10.8. The predicted molar refractivity (Wildman–Crippen MR) is 64.9 cm³/mol. The van der Waals surface area contributed by atoms with Gasteiger partial charge in [0.1, 0.15) is 0 Å². The molecule has 1 aromatic rings. The number of hydrogen-bond acceptors (Lipinski definition) is 3. The van der Waals surface area contributed by atoms with Crippen molar-refractivity contribution in [2.24, 2.45) is 5.92 Å². The predicted octanol–water partition coefficient (Wildman–Crippen LogP) is 2.82. The molecule has 0 aliphatic carbocycles. The van der Waals surface area contributed by atoms with Gasteiger partial charge in [0.25, 0.3) is 0 Å². The molecule has 1 N–H and O–H groups in total. The first kappa shape index (κ1) is 13.4. The van der Waals surface area contributed by atoms with Gasteiger partial charge < -0.3 is 14.6 Å². The van der Waals surface area contributed by atoms with Crippen molar-refractivity contribution in [1.29, 1.82) is 0 Å². The van der Waals surface area contributed by atoms with Crippen LogP contribution in [0.15, 0.2) is 18.2 Å². The van der Waals surface area contributed by atoms with E-state index in [0.29, 0.717) is 24.0 Å². The van der Waals surface area contributed by atoms with Gasteiger partial charge in [0, 0.05) is 0 Å². The Balaban J connectivity index is 2.79. The second kappa shape index (κ2) is 6.13. The van der Waals surface area contributed by atoms with Crippen LogP contribution in [0.1, 0.15) is 30.6 Å². The van der Waals surface area contributed by atoms with Gasteiger partial charge in [0.05, 0.1) is 19.3 Å². The van der Waals surface area contributed by atoms with E-state index in [1.54, 1.807) is 6.07 Å². The molecule has 0 aliphatic heterocycles. The zero-order chi connectivity index (χ0) is 12.8. The number of benzene rings is 1. The van der Waals surface area contributed by atoms with Gasteiger partial charge >= 0.3 is 5.97 Å². The Labute approximate surface area is 101 Å². The molecule has 1 rings (SSSR count). The Bertz CT molecular complexity index is 385. The highest BCUT2D eigenvalue weighted by atomic mass is 16.5. The standard InChI is InChI=1S/C13H18O4/c1-9(2)6-7-17-12-8-10(13(14)15)4-5-11(12)16-3/h4-5,8-9H,6-7H2,1-3H3,(H,14,15). The molecular weight excluding hydrogens is 220 g/mol. The fraction of sp³-hybridized carbons (Fsp3) is 0.462. The molecule has 0 spiro atoms. The van der Waals surface area contributed by atoms with Gasteiger partial charge in [0.2, 0.25) is 0 Å². The van der Waals surface area contributed by atoms with E-state index in [4.69, 9.17) is 14.6 Å². The Hall–Kier alpha value is -1.71. The average molecular weight is 238 g/mol. The molecule has 0 atom stereocenters. The lowest BCUT2D eigenvalue weighted by Gasteiger charge is -2.12. The van der Waals surface area contributed by atoms with Crippen LogP contribution >= 0.6 is 0 Å². The van der Waals surface area contributed by atoms with Crippen molar-refractivity contribution in [1.82, 2.24) is 0 Å². The van der Waals surface area contributed by atoms with Gasteiger partial charge in [0.15, 0.2) is 11.5 Å². The van der Waals surface area contributed by atoms with Crippen LogP contribution in [-0.2, 0) is 0 Å². The highest BCUT2D eigenvalue weighted by molar-refractivity contribution is 5.88. The van der Waals surface area contributed by atoms with E-state index in [1.165, 1.54) is 19.2 Å². The van der Waals surface area contributed by atoms with Crippen molar-refractivity contribution in [3.8, 4) is 11.5 Å². The van der Waals surface area contributed by atoms with Crippen LogP contribution in [-0.4, -0.2) is 24.8 Å². The highest BCUT2D eigenvalue weighted by Gasteiger charge is 2.10. The molecule has 0 radical (unpaired) electrons. The Morgan fingerprint density at radius 2 is 2.06 bits per heavy atom. The Morgan fingerprint density at radius 1 is 1.35 bits per heavy atom. The second-order valence-electron chi connectivity index (χ2n) is 4.20. The lowest BCUT2D eigenvalue weighted by molar-refractivity contribution is 0.0696. The number of carboxylic acid groups (broad SMARTS) is 1. The average Bonchev–Trinajstić information content (AvgIpc) is 2.28. The number of aromatic carboxylic acids is 1. The van der Waals surface area contributed by atoms with Crippen molar-refractivity contribution in [2.45, 2.75) is 20.3 Å². The van der Waals surface area contributed by atoms with Gasteiger partial charge in [-0.15, -0.1) is 0 Å². The van der Waals surface area contributed by atoms with E-state index in [1.807, 2.05) is 0 Å². The Morgan fingerprint density at radius 3 is 2.59 bits per heavy atom. The molecule has 4 nitrogen and oxygen atoms in total. The minimum Gasteiger partial charge on any atom is -0.493 e. The Kier molecular flexibility index (Phi) is 4.82. The van der Waals surface area contributed by atoms with Gasteiger partial charge in [-0.1, -0.05) is 13.8 Å². The van der Waals surface area contributed by atoms with Crippen molar-refractivity contribution in [3.05, 3.63) is 23.8 Å². The van der Waals surface area contributed by atoms with E-state index in [0.717, 1.165) is 6.42 Å². The smallest absolute Gasteiger partial charge is 0.335 e. The lowest BCUT2D eigenvalue weighted by Crippen LogP contribution is -2.04. The van der Waals surface area contributed by atoms with E-state index in [9.17, 15) is 4.79 Å². The number of ether oxygens (including phenoxy) is 2. The molecule has 0 unspecified atom stereocenters. The molecule has 4 heteroatoms. The molecule has 0 aliphatic rings. The second-order valence-corrected chi connectivity index (χ2v) is 4.20. The monoisotopic (exact) mass is 238 g/mol. The van der Waals surface area contributed by atoms with Crippen LogP contribution in [0.4, 0.5) is 0 Å². The summed E-state index contributed by atoms with van der Waals surface area (Å²) in [5.41, 5.74) is 0.199.